The summed E-state index contributed by atoms with van der Waals surface area (Å²) in [5.74, 6) is -0.847. The highest BCUT2D eigenvalue weighted by Crippen LogP contribution is 2.29. The molecule has 1 aliphatic heterocycles. The molecule has 0 bridgehead atoms. The lowest BCUT2D eigenvalue weighted by molar-refractivity contribution is 0.0695. The van der Waals surface area contributed by atoms with Crippen LogP contribution in [0.2, 0.25) is 0 Å². The number of carbonyl (C=O) groups is 1. The summed E-state index contributed by atoms with van der Waals surface area (Å²) in [5, 5.41) is 13.4. The fourth-order valence-corrected chi connectivity index (χ4v) is 2.70. The third kappa shape index (κ3) is 2.36. The number of hydrogen-bond acceptors (Lipinski definition) is 4. The summed E-state index contributed by atoms with van der Waals surface area (Å²) < 4.78 is 1.79. The molecule has 3 rings (SSSR count). The molecule has 0 spiro atoms. The maximum absolute atomic E-state index is 11.3. The highest BCUT2D eigenvalue weighted by Gasteiger charge is 2.21. The van der Waals surface area contributed by atoms with E-state index in [1.165, 1.54) is 6.33 Å². The Hall–Kier alpha value is -2.37. The van der Waals surface area contributed by atoms with Gasteiger partial charge in [-0.15, -0.1) is 0 Å². The smallest absolute Gasteiger partial charge is 0.336 e. The van der Waals surface area contributed by atoms with Gasteiger partial charge in [-0.1, -0.05) is 6.07 Å². The van der Waals surface area contributed by atoms with Crippen molar-refractivity contribution in [3.63, 3.8) is 0 Å². The number of fused-ring (bicyclic) bond motifs is 1. The second kappa shape index (κ2) is 5.32. The topological polar surface area (TPSA) is 71.2 Å². The summed E-state index contributed by atoms with van der Waals surface area (Å²) >= 11 is 0. The van der Waals surface area contributed by atoms with Crippen LogP contribution in [0, 0.1) is 0 Å². The highest BCUT2D eigenvalue weighted by molar-refractivity contribution is 5.91. The van der Waals surface area contributed by atoms with E-state index < -0.39 is 5.97 Å². The molecule has 0 amide bonds. The Labute approximate surface area is 116 Å². The first kappa shape index (κ1) is 12.7. The van der Waals surface area contributed by atoms with Gasteiger partial charge in [-0.2, -0.15) is 5.10 Å². The van der Waals surface area contributed by atoms with Crippen LogP contribution in [0.25, 0.3) is 0 Å². The van der Waals surface area contributed by atoms with Gasteiger partial charge in [0.05, 0.1) is 12.1 Å². The van der Waals surface area contributed by atoms with Gasteiger partial charge >= 0.3 is 5.97 Å². The first-order valence-corrected chi connectivity index (χ1v) is 6.68. The fraction of sp³-hybridized carbons (Fsp3) is 0.357. The van der Waals surface area contributed by atoms with Gasteiger partial charge in [0.1, 0.15) is 12.7 Å². The van der Waals surface area contributed by atoms with Crippen molar-refractivity contribution >= 4 is 11.7 Å². The zero-order valence-corrected chi connectivity index (χ0v) is 11.1. The van der Waals surface area contributed by atoms with E-state index in [0.29, 0.717) is 5.56 Å². The molecule has 2 aromatic rings. The van der Waals surface area contributed by atoms with E-state index in [2.05, 4.69) is 15.0 Å². The number of rotatable bonds is 4. The third-order valence-corrected chi connectivity index (χ3v) is 3.64. The Morgan fingerprint density at radius 3 is 3.00 bits per heavy atom. The first-order valence-electron chi connectivity index (χ1n) is 6.68. The predicted octanol–water partition coefficient (Wildman–Crippen LogP) is 1.43. The van der Waals surface area contributed by atoms with Gasteiger partial charge < -0.3 is 10.0 Å². The maximum atomic E-state index is 11.3. The van der Waals surface area contributed by atoms with Crippen molar-refractivity contribution in [2.75, 3.05) is 18.0 Å². The predicted molar refractivity (Wildman–Crippen MR) is 74.0 cm³/mol. The number of anilines is 1. The summed E-state index contributed by atoms with van der Waals surface area (Å²) in [6, 6.07) is 5.50. The Morgan fingerprint density at radius 1 is 1.35 bits per heavy atom. The summed E-state index contributed by atoms with van der Waals surface area (Å²) in [6.07, 6.45) is 5.03. The van der Waals surface area contributed by atoms with Crippen LogP contribution in [0.4, 0.5) is 5.69 Å². The lowest BCUT2D eigenvalue weighted by Gasteiger charge is -2.32. The molecule has 0 fully saturated rings. The van der Waals surface area contributed by atoms with E-state index in [1.807, 2.05) is 12.1 Å². The SMILES string of the molecule is O=C(O)c1cccc2c1CCCN2CCn1cncn1. The summed E-state index contributed by atoms with van der Waals surface area (Å²) in [5.41, 5.74) is 2.41. The molecule has 0 aliphatic carbocycles. The number of nitrogens with zero attached hydrogens (tertiary/aromatic N) is 4. The Balaban J connectivity index is 1.83. The van der Waals surface area contributed by atoms with Crippen molar-refractivity contribution in [2.45, 2.75) is 19.4 Å². The minimum Gasteiger partial charge on any atom is -0.478 e. The van der Waals surface area contributed by atoms with Crippen LogP contribution in [-0.2, 0) is 13.0 Å². The van der Waals surface area contributed by atoms with E-state index in [1.54, 1.807) is 17.1 Å². The molecule has 1 aromatic carbocycles. The zero-order chi connectivity index (χ0) is 13.9. The molecule has 0 saturated heterocycles. The minimum atomic E-state index is -0.847. The van der Waals surface area contributed by atoms with Gasteiger partial charge in [-0.25, -0.2) is 9.78 Å². The van der Waals surface area contributed by atoms with Crippen LogP contribution in [0.5, 0.6) is 0 Å². The molecule has 104 valence electrons. The molecule has 0 saturated carbocycles. The van der Waals surface area contributed by atoms with Crippen LogP contribution < -0.4 is 4.90 Å². The third-order valence-electron chi connectivity index (χ3n) is 3.64. The van der Waals surface area contributed by atoms with Crippen molar-refractivity contribution in [1.82, 2.24) is 14.8 Å². The average Bonchev–Trinajstić information content (AvgIpc) is 2.97. The number of carboxylic acids is 1. The van der Waals surface area contributed by atoms with E-state index in [4.69, 9.17) is 0 Å². The minimum absolute atomic E-state index is 0.424. The largest absolute Gasteiger partial charge is 0.478 e. The van der Waals surface area contributed by atoms with Crippen molar-refractivity contribution in [1.29, 1.82) is 0 Å². The summed E-state index contributed by atoms with van der Waals surface area (Å²) in [4.78, 5) is 17.4. The quantitative estimate of drug-likeness (QED) is 0.911. The number of benzene rings is 1. The van der Waals surface area contributed by atoms with Crippen LogP contribution in [0.1, 0.15) is 22.3 Å². The highest BCUT2D eigenvalue weighted by atomic mass is 16.4. The molecule has 2 heterocycles. The molecule has 0 unspecified atom stereocenters. The van der Waals surface area contributed by atoms with E-state index in [0.717, 1.165) is 43.7 Å². The van der Waals surface area contributed by atoms with E-state index in [-0.39, 0.29) is 0 Å². The first-order chi connectivity index (χ1) is 9.75. The summed E-state index contributed by atoms with van der Waals surface area (Å²) in [6.45, 7) is 2.50. The van der Waals surface area contributed by atoms with Crippen molar-refractivity contribution in [3.05, 3.63) is 42.0 Å². The lowest BCUT2D eigenvalue weighted by Crippen LogP contribution is -2.33. The molecule has 6 heteroatoms. The second-order valence-corrected chi connectivity index (χ2v) is 4.86. The van der Waals surface area contributed by atoms with Crippen molar-refractivity contribution < 1.29 is 9.90 Å². The van der Waals surface area contributed by atoms with Gasteiger partial charge in [0.15, 0.2) is 0 Å². The molecular formula is C14H16N4O2. The van der Waals surface area contributed by atoms with Crippen LogP contribution in [0.15, 0.2) is 30.9 Å². The molecule has 6 nitrogen and oxygen atoms in total. The molecule has 1 N–H and O–H groups in total. The second-order valence-electron chi connectivity index (χ2n) is 4.86. The number of aromatic nitrogens is 3. The molecule has 1 aromatic heterocycles. The molecular weight excluding hydrogens is 256 g/mol. The number of aromatic carboxylic acids is 1. The Morgan fingerprint density at radius 2 is 2.25 bits per heavy atom. The maximum Gasteiger partial charge on any atom is 0.336 e. The lowest BCUT2D eigenvalue weighted by atomic mass is 9.96. The Kier molecular flexibility index (Phi) is 3.37. The Bertz CT molecular complexity index is 610. The number of carboxylic acid groups (broad SMARTS) is 1. The van der Waals surface area contributed by atoms with Crippen LogP contribution in [-0.4, -0.2) is 38.9 Å². The normalized spacial score (nSPS) is 14.1. The number of hydrogen-bond donors (Lipinski definition) is 1. The van der Waals surface area contributed by atoms with Gasteiger partial charge in [-0.05, 0) is 30.5 Å². The molecule has 20 heavy (non-hydrogen) atoms. The fourth-order valence-electron chi connectivity index (χ4n) is 2.70. The van der Waals surface area contributed by atoms with Gasteiger partial charge in [0.25, 0.3) is 0 Å². The molecule has 0 atom stereocenters. The van der Waals surface area contributed by atoms with Crippen LogP contribution >= 0.6 is 0 Å². The molecule has 0 radical (unpaired) electrons. The average molecular weight is 272 g/mol. The zero-order valence-electron chi connectivity index (χ0n) is 11.1. The van der Waals surface area contributed by atoms with E-state index in [9.17, 15) is 9.90 Å². The van der Waals surface area contributed by atoms with Crippen molar-refractivity contribution in [2.24, 2.45) is 0 Å². The monoisotopic (exact) mass is 272 g/mol. The van der Waals surface area contributed by atoms with Gasteiger partial charge in [0.2, 0.25) is 0 Å². The van der Waals surface area contributed by atoms with Crippen molar-refractivity contribution in [3.8, 4) is 0 Å². The van der Waals surface area contributed by atoms with Crippen LogP contribution in [0.3, 0.4) is 0 Å². The molecule has 1 aliphatic rings. The van der Waals surface area contributed by atoms with Gasteiger partial charge in [-0.3, -0.25) is 4.68 Å². The van der Waals surface area contributed by atoms with Gasteiger partial charge in [0, 0.05) is 18.8 Å². The van der Waals surface area contributed by atoms with E-state index >= 15 is 0 Å². The standard InChI is InChI=1S/C14H16N4O2/c19-14(20)12-3-1-5-13-11(12)4-2-6-17(13)7-8-18-10-15-9-16-18/h1,3,5,9-10H,2,4,6-8H2,(H,19,20). The summed E-state index contributed by atoms with van der Waals surface area (Å²) in [7, 11) is 0.